The van der Waals surface area contributed by atoms with Crippen LogP contribution in [0.4, 0.5) is 0 Å². The highest BCUT2D eigenvalue weighted by Gasteiger charge is 2.32. The van der Waals surface area contributed by atoms with Gasteiger partial charge in [0.25, 0.3) is 0 Å². The van der Waals surface area contributed by atoms with Gasteiger partial charge in [-0.15, -0.1) is 0 Å². The van der Waals surface area contributed by atoms with Gasteiger partial charge in [-0.1, -0.05) is 12.1 Å². The van der Waals surface area contributed by atoms with E-state index in [4.69, 9.17) is 4.52 Å². The monoisotopic (exact) mass is 286 g/mol. The first kappa shape index (κ1) is 14.2. The minimum Gasteiger partial charge on any atom is -0.339 e. The SMILES string of the molecule is CCCNC(Cc1nc(-c2cc(C)ccn2)no1)C1CC1. The summed E-state index contributed by atoms with van der Waals surface area (Å²) in [5.74, 6) is 2.05. The largest absolute Gasteiger partial charge is 0.339 e. The van der Waals surface area contributed by atoms with Crippen molar-refractivity contribution in [2.24, 2.45) is 5.92 Å². The molecule has 21 heavy (non-hydrogen) atoms. The molecular weight excluding hydrogens is 264 g/mol. The zero-order valence-electron chi connectivity index (χ0n) is 12.7. The lowest BCUT2D eigenvalue weighted by atomic mass is 10.1. The van der Waals surface area contributed by atoms with Crippen LogP contribution in [0, 0.1) is 12.8 Å². The molecule has 0 saturated heterocycles. The van der Waals surface area contributed by atoms with Crippen LogP contribution in [0.1, 0.15) is 37.6 Å². The van der Waals surface area contributed by atoms with E-state index in [2.05, 4.69) is 27.4 Å². The van der Waals surface area contributed by atoms with Crippen molar-refractivity contribution in [3.05, 3.63) is 29.8 Å². The Morgan fingerprint density at radius 1 is 1.43 bits per heavy atom. The van der Waals surface area contributed by atoms with E-state index in [1.54, 1.807) is 6.20 Å². The fourth-order valence-electron chi connectivity index (χ4n) is 2.52. The number of aromatic nitrogens is 3. The summed E-state index contributed by atoms with van der Waals surface area (Å²) in [6, 6.07) is 4.40. The lowest BCUT2D eigenvalue weighted by molar-refractivity contribution is 0.346. The Bertz CT molecular complexity index is 591. The van der Waals surface area contributed by atoms with Crippen LogP contribution < -0.4 is 5.32 Å². The van der Waals surface area contributed by atoms with Crippen molar-refractivity contribution in [2.75, 3.05) is 6.54 Å². The van der Waals surface area contributed by atoms with Crippen LogP contribution in [0.2, 0.25) is 0 Å². The van der Waals surface area contributed by atoms with Gasteiger partial charge >= 0.3 is 0 Å². The molecule has 112 valence electrons. The highest BCUT2D eigenvalue weighted by molar-refractivity contribution is 5.48. The van der Waals surface area contributed by atoms with Crippen LogP contribution in [0.25, 0.3) is 11.5 Å². The molecule has 0 spiro atoms. The summed E-state index contributed by atoms with van der Waals surface area (Å²) in [6.45, 7) is 5.26. The lowest BCUT2D eigenvalue weighted by Crippen LogP contribution is -2.33. The predicted octanol–water partition coefficient (Wildman–Crippen LogP) is 2.76. The molecule has 1 atom stereocenters. The molecule has 5 heteroatoms. The summed E-state index contributed by atoms with van der Waals surface area (Å²) < 4.78 is 5.41. The van der Waals surface area contributed by atoms with E-state index in [0.29, 0.717) is 17.8 Å². The molecule has 1 aliphatic rings. The normalized spacial score (nSPS) is 16.1. The third-order valence-corrected chi connectivity index (χ3v) is 3.85. The lowest BCUT2D eigenvalue weighted by Gasteiger charge is -2.15. The summed E-state index contributed by atoms with van der Waals surface area (Å²) in [6.07, 6.45) is 6.34. The molecule has 0 aliphatic heterocycles. The van der Waals surface area contributed by atoms with Gasteiger partial charge < -0.3 is 9.84 Å². The predicted molar refractivity (Wildman–Crippen MR) is 80.8 cm³/mol. The Labute approximate surface area is 125 Å². The van der Waals surface area contributed by atoms with E-state index < -0.39 is 0 Å². The van der Waals surface area contributed by atoms with Gasteiger partial charge in [-0.25, -0.2) is 0 Å². The van der Waals surface area contributed by atoms with Crippen molar-refractivity contribution in [3.8, 4) is 11.5 Å². The zero-order valence-corrected chi connectivity index (χ0v) is 12.7. The van der Waals surface area contributed by atoms with Crippen LogP contribution in [0.5, 0.6) is 0 Å². The first-order valence-electron chi connectivity index (χ1n) is 7.75. The van der Waals surface area contributed by atoms with E-state index in [9.17, 15) is 0 Å². The summed E-state index contributed by atoms with van der Waals surface area (Å²) in [5, 5.41) is 7.66. The maximum absolute atomic E-state index is 5.41. The van der Waals surface area contributed by atoms with Gasteiger partial charge in [0.15, 0.2) is 0 Å². The van der Waals surface area contributed by atoms with Crippen molar-refractivity contribution in [2.45, 2.75) is 45.6 Å². The number of nitrogens with one attached hydrogen (secondary N) is 1. The van der Waals surface area contributed by atoms with Crippen LogP contribution >= 0.6 is 0 Å². The average Bonchev–Trinajstić information content (AvgIpc) is 3.22. The Kier molecular flexibility index (Phi) is 4.29. The van der Waals surface area contributed by atoms with Crippen LogP contribution in [0.3, 0.4) is 0 Å². The third kappa shape index (κ3) is 3.67. The number of hydrogen-bond donors (Lipinski definition) is 1. The van der Waals surface area contributed by atoms with Crippen LogP contribution in [-0.2, 0) is 6.42 Å². The summed E-state index contributed by atoms with van der Waals surface area (Å²) in [7, 11) is 0. The Morgan fingerprint density at radius 2 is 2.29 bits per heavy atom. The molecule has 1 saturated carbocycles. The van der Waals surface area contributed by atoms with Crippen molar-refractivity contribution in [1.82, 2.24) is 20.4 Å². The number of nitrogens with zero attached hydrogens (tertiary/aromatic N) is 3. The Balaban J connectivity index is 1.69. The second-order valence-corrected chi connectivity index (χ2v) is 5.83. The van der Waals surface area contributed by atoms with Gasteiger partial charge in [-0.05, 0) is 56.3 Å². The fraction of sp³-hybridized carbons (Fsp3) is 0.562. The maximum atomic E-state index is 5.41. The topological polar surface area (TPSA) is 63.8 Å². The standard InChI is InChI=1S/C16H22N4O/c1-3-7-17-13(12-4-5-12)10-15-19-16(20-21-15)14-9-11(2)6-8-18-14/h6,8-9,12-13,17H,3-5,7,10H2,1-2H3. The van der Waals surface area contributed by atoms with E-state index >= 15 is 0 Å². The van der Waals surface area contributed by atoms with Gasteiger partial charge in [0.1, 0.15) is 5.69 Å². The smallest absolute Gasteiger partial charge is 0.228 e. The van der Waals surface area contributed by atoms with Crippen molar-refractivity contribution >= 4 is 0 Å². The molecule has 0 amide bonds. The molecular formula is C16H22N4O. The van der Waals surface area contributed by atoms with E-state index in [1.165, 1.54) is 12.8 Å². The minimum absolute atomic E-state index is 0.462. The second kappa shape index (κ2) is 6.35. The first-order valence-corrected chi connectivity index (χ1v) is 7.75. The minimum atomic E-state index is 0.462. The van der Waals surface area contributed by atoms with Crippen molar-refractivity contribution in [1.29, 1.82) is 0 Å². The highest BCUT2D eigenvalue weighted by Crippen LogP contribution is 2.34. The van der Waals surface area contributed by atoms with E-state index in [1.807, 2.05) is 19.1 Å². The third-order valence-electron chi connectivity index (χ3n) is 3.85. The number of hydrogen-bond acceptors (Lipinski definition) is 5. The molecule has 2 heterocycles. The molecule has 2 aromatic rings. The molecule has 0 aromatic carbocycles. The number of pyridine rings is 1. The van der Waals surface area contributed by atoms with Crippen molar-refractivity contribution < 1.29 is 4.52 Å². The molecule has 1 unspecified atom stereocenters. The molecule has 0 bridgehead atoms. The molecule has 1 aliphatic carbocycles. The highest BCUT2D eigenvalue weighted by atomic mass is 16.5. The number of aryl methyl sites for hydroxylation is 1. The molecule has 2 aromatic heterocycles. The zero-order chi connectivity index (χ0) is 14.7. The van der Waals surface area contributed by atoms with E-state index in [0.717, 1.165) is 36.6 Å². The molecule has 1 fully saturated rings. The first-order chi connectivity index (χ1) is 10.3. The van der Waals surface area contributed by atoms with Gasteiger partial charge in [0, 0.05) is 18.7 Å². The molecule has 1 N–H and O–H groups in total. The maximum Gasteiger partial charge on any atom is 0.228 e. The summed E-state index contributed by atoms with van der Waals surface area (Å²) in [4.78, 5) is 8.80. The Hall–Kier alpha value is -1.75. The van der Waals surface area contributed by atoms with E-state index in [-0.39, 0.29) is 0 Å². The van der Waals surface area contributed by atoms with Gasteiger partial charge in [-0.3, -0.25) is 4.98 Å². The number of rotatable bonds is 7. The Morgan fingerprint density at radius 3 is 3.00 bits per heavy atom. The van der Waals surface area contributed by atoms with Gasteiger partial charge in [0.05, 0.1) is 0 Å². The molecule has 3 rings (SSSR count). The van der Waals surface area contributed by atoms with Gasteiger partial charge in [0.2, 0.25) is 11.7 Å². The molecule has 5 nitrogen and oxygen atoms in total. The second-order valence-electron chi connectivity index (χ2n) is 5.83. The van der Waals surface area contributed by atoms with Crippen molar-refractivity contribution in [3.63, 3.8) is 0 Å². The average molecular weight is 286 g/mol. The molecule has 0 radical (unpaired) electrons. The summed E-state index contributed by atoms with van der Waals surface area (Å²) in [5.41, 5.74) is 1.92. The fourth-order valence-corrected chi connectivity index (χ4v) is 2.52. The summed E-state index contributed by atoms with van der Waals surface area (Å²) >= 11 is 0. The van der Waals surface area contributed by atoms with Gasteiger partial charge in [-0.2, -0.15) is 4.98 Å². The quantitative estimate of drug-likeness (QED) is 0.848. The van der Waals surface area contributed by atoms with Crippen LogP contribution in [-0.4, -0.2) is 27.7 Å². The van der Waals surface area contributed by atoms with Crippen LogP contribution in [0.15, 0.2) is 22.9 Å².